The molecule has 13 nitrogen and oxygen atoms in total. The standard InChI is InChI=1S/C44H71NO12/c1-10-31-18-25(2)17-26(3)19-38(54-8)41-39(55-9)21-28(5)44(52,57-41)24-36(49)42(50)45-16-12-11-13-32(45)43(51)56-40(29(6)34(47)23-35(31)48)27(4)20-30-14-15-33(46)37(22-30)53-7/h18,20,26,28-34,37-41,46-47,52H,10-17,19,21-24H2,1-9H3/b25-18+,27-20+/t26-,28+,29+,30-,31+,32-,33+,34-,37+,38?,39-,40?,41+,44?/m0/s1. The third-order valence-electron chi connectivity index (χ3n) is 13.2. The van der Waals surface area contributed by atoms with Gasteiger partial charge in [0.2, 0.25) is 5.78 Å². The molecule has 2 bridgehead atoms. The Bertz CT molecular complexity index is 1450. The molecule has 14 atom stereocenters. The van der Waals surface area contributed by atoms with E-state index in [-0.39, 0.29) is 43.1 Å². The molecule has 3 heterocycles. The number of rotatable bonds is 6. The zero-order valence-electron chi connectivity index (χ0n) is 35.8. The second-order valence-corrected chi connectivity index (χ2v) is 17.6. The number of esters is 1. The van der Waals surface area contributed by atoms with Crippen LogP contribution in [0.4, 0.5) is 0 Å². The van der Waals surface area contributed by atoms with Crippen molar-refractivity contribution in [2.75, 3.05) is 27.9 Å². The first kappa shape index (κ1) is 47.2. The fraction of sp³-hybridized carbons (Fsp3) is 0.818. The number of nitrogens with zero attached hydrogens (tertiary/aromatic N) is 1. The second-order valence-electron chi connectivity index (χ2n) is 17.6. The van der Waals surface area contributed by atoms with Gasteiger partial charge >= 0.3 is 5.97 Å². The number of aliphatic hydroxyl groups is 3. The van der Waals surface area contributed by atoms with Crippen LogP contribution < -0.4 is 0 Å². The first-order valence-electron chi connectivity index (χ1n) is 21.2. The normalized spacial score (nSPS) is 41.3. The molecule has 1 saturated carbocycles. The number of fused-ring (bicyclic) bond motifs is 3. The average molecular weight is 806 g/mol. The number of ether oxygens (including phenoxy) is 5. The van der Waals surface area contributed by atoms with Crippen molar-refractivity contribution >= 4 is 23.4 Å². The first-order valence-corrected chi connectivity index (χ1v) is 21.2. The summed E-state index contributed by atoms with van der Waals surface area (Å²) in [6.07, 6.45) is 3.86. The third-order valence-corrected chi connectivity index (χ3v) is 13.2. The van der Waals surface area contributed by atoms with Gasteiger partial charge in [-0.2, -0.15) is 0 Å². The van der Waals surface area contributed by atoms with Crippen LogP contribution in [-0.4, -0.2) is 126 Å². The van der Waals surface area contributed by atoms with Gasteiger partial charge in [-0.1, -0.05) is 45.4 Å². The lowest BCUT2D eigenvalue weighted by Gasteiger charge is -2.47. The molecular formula is C44H71NO12. The number of piperidine rings is 1. The maximum Gasteiger partial charge on any atom is 0.329 e. The summed E-state index contributed by atoms with van der Waals surface area (Å²) in [5, 5.41) is 34.0. The van der Waals surface area contributed by atoms with Gasteiger partial charge in [-0.15, -0.1) is 0 Å². The van der Waals surface area contributed by atoms with Gasteiger partial charge in [0.05, 0.1) is 36.9 Å². The van der Waals surface area contributed by atoms with Crippen molar-refractivity contribution in [1.82, 2.24) is 4.90 Å². The van der Waals surface area contributed by atoms with Gasteiger partial charge in [-0.05, 0) is 95.5 Å². The lowest BCUT2D eigenvalue weighted by Crippen LogP contribution is -2.59. The van der Waals surface area contributed by atoms with Crippen molar-refractivity contribution in [3.63, 3.8) is 0 Å². The van der Waals surface area contributed by atoms with Crippen molar-refractivity contribution in [1.29, 1.82) is 0 Å². The molecule has 1 amide bonds. The number of amides is 1. The van der Waals surface area contributed by atoms with E-state index < -0.39 is 90.3 Å². The lowest BCUT2D eigenvalue weighted by atomic mass is 9.81. The Kier molecular flexibility index (Phi) is 17.5. The molecule has 57 heavy (non-hydrogen) atoms. The van der Waals surface area contributed by atoms with E-state index in [2.05, 4.69) is 6.92 Å². The number of carbonyl (C=O) groups is 4. The highest BCUT2D eigenvalue weighted by Crippen LogP contribution is 2.40. The highest BCUT2D eigenvalue weighted by molar-refractivity contribution is 6.36. The van der Waals surface area contributed by atoms with Crippen molar-refractivity contribution in [2.24, 2.45) is 29.6 Å². The summed E-state index contributed by atoms with van der Waals surface area (Å²) in [6.45, 7) is 11.5. The lowest BCUT2D eigenvalue weighted by molar-refractivity contribution is -0.320. The number of methoxy groups -OCH3 is 3. The van der Waals surface area contributed by atoms with E-state index in [1.165, 1.54) is 4.90 Å². The molecule has 3 aliphatic heterocycles. The molecule has 0 aromatic heterocycles. The molecule has 4 aliphatic rings. The summed E-state index contributed by atoms with van der Waals surface area (Å²) in [5.74, 6) is -6.21. The van der Waals surface area contributed by atoms with Gasteiger partial charge in [-0.25, -0.2) is 4.79 Å². The Morgan fingerprint density at radius 1 is 0.912 bits per heavy atom. The van der Waals surface area contributed by atoms with E-state index in [1.807, 2.05) is 32.9 Å². The van der Waals surface area contributed by atoms with Gasteiger partial charge in [0.25, 0.3) is 5.91 Å². The Morgan fingerprint density at radius 3 is 2.23 bits per heavy atom. The number of hydrogen-bond acceptors (Lipinski definition) is 12. The van der Waals surface area contributed by atoms with Crippen LogP contribution in [0.2, 0.25) is 0 Å². The molecule has 4 rings (SSSR count). The Morgan fingerprint density at radius 2 is 1.58 bits per heavy atom. The van der Waals surface area contributed by atoms with Gasteiger partial charge < -0.3 is 43.9 Å². The summed E-state index contributed by atoms with van der Waals surface area (Å²) in [4.78, 5) is 57.2. The largest absolute Gasteiger partial charge is 0.456 e. The number of hydrogen-bond donors (Lipinski definition) is 3. The van der Waals surface area contributed by atoms with E-state index in [0.717, 1.165) is 5.57 Å². The molecule has 3 N–H and O–H groups in total. The van der Waals surface area contributed by atoms with Crippen LogP contribution in [0.15, 0.2) is 23.3 Å². The van der Waals surface area contributed by atoms with Crippen molar-refractivity contribution in [2.45, 2.75) is 173 Å². The van der Waals surface area contributed by atoms with Crippen LogP contribution in [0.3, 0.4) is 0 Å². The highest BCUT2D eigenvalue weighted by Gasteiger charge is 2.51. The molecule has 0 spiro atoms. The molecule has 0 aromatic rings. The van der Waals surface area contributed by atoms with E-state index in [0.29, 0.717) is 63.4 Å². The number of ketones is 2. The minimum absolute atomic E-state index is 0.0101. The Hall–Kier alpha value is -2.52. The van der Waals surface area contributed by atoms with Crippen LogP contribution in [0.5, 0.6) is 0 Å². The van der Waals surface area contributed by atoms with Gasteiger partial charge in [0.15, 0.2) is 5.79 Å². The molecule has 0 aromatic carbocycles. The summed E-state index contributed by atoms with van der Waals surface area (Å²) in [6, 6.07) is -1.07. The van der Waals surface area contributed by atoms with Gasteiger partial charge in [0, 0.05) is 52.0 Å². The molecule has 1 aliphatic carbocycles. The minimum Gasteiger partial charge on any atom is -0.456 e. The monoisotopic (exact) mass is 805 g/mol. The van der Waals surface area contributed by atoms with E-state index in [4.69, 9.17) is 23.7 Å². The predicted octanol–water partition coefficient (Wildman–Crippen LogP) is 4.86. The van der Waals surface area contributed by atoms with Crippen LogP contribution in [0.1, 0.15) is 119 Å². The smallest absolute Gasteiger partial charge is 0.329 e. The minimum atomic E-state index is -1.99. The summed E-state index contributed by atoms with van der Waals surface area (Å²) >= 11 is 0. The van der Waals surface area contributed by atoms with Gasteiger partial charge in [0.1, 0.15) is 24.0 Å². The fourth-order valence-electron chi connectivity index (χ4n) is 9.56. The Labute approximate surface area is 339 Å². The molecule has 324 valence electrons. The number of cyclic esters (lactones) is 1. The highest BCUT2D eigenvalue weighted by atomic mass is 16.7. The quantitative estimate of drug-likeness (QED) is 0.189. The van der Waals surface area contributed by atoms with Crippen molar-refractivity contribution in [3.8, 4) is 0 Å². The number of allylic oxidation sites excluding steroid dienone is 3. The summed E-state index contributed by atoms with van der Waals surface area (Å²) in [7, 11) is 4.71. The Balaban J connectivity index is 1.73. The molecule has 0 radical (unpaired) electrons. The maximum atomic E-state index is 14.2. The topological polar surface area (TPSA) is 178 Å². The number of Topliss-reactive ketones (excluding diaryl/α,β-unsaturated/α-hetero) is 2. The summed E-state index contributed by atoms with van der Waals surface area (Å²) < 4.78 is 29.9. The van der Waals surface area contributed by atoms with E-state index in [1.54, 1.807) is 35.2 Å². The second kappa shape index (κ2) is 21.1. The van der Waals surface area contributed by atoms with Crippen LogP contribution in [0, 0.1) is 29.6 Å². The van der Waals surface area contributed by atoms with Crippen LogP contribution >= 0.6 is 0 Å². The molecule has 2 saturated heterocycles. The zero-order chi connectivity index (χ0) is 42.2. The van der Waals surface area contributed by atoms with Crippen LogP contribution in [-0.2, 0) is 42.9 Å². The third kappa shape index (κ3) is 11.8. The molecule has 3 unspecified atom stereocenters. The van der Waals surface area contributed by atoms with Crippen molar-refractivity contribution < 1.29 is 58.2 Å². The van der Waals surface area contributed by atoms with E-state index >= 15 is 0 Å². The van der Waals surface area contributed by atoms with Gasteiger partial charge in [-0.3, -0.25) is 14.4 Å². The van der Waals surface area contributed by atoms with Crippen molar-refractivity contribution in [3.05, 3.63) is 23.3 Å². The summed E-state index contributed by atoms with van der Waals surface area (Å²) in [5.41, 5.74) is 1.69. The van der Waals surface area contributed by atoms with E-state index in [9.17, 15) is 34.5 Å². The maximum absolute atomic E-state index is 14.2. The zero-order valence-corrected chi connectivity index (χ0v) is 35.8. The molecule has 3 fully saturated rings. The van der Waals surface area contributed by atoms with Crippen LogP contribution in [0.25, 0.3) is 0 Å². The number of aliphatic hydroxyl groups excluding tert-OH is 2. The molecule has 13 heteroatoms. The fourth-order valence-corrected chi connectivity index (χ4v) is 9.56. The first-order chi connectivity index (χ1) is 27.0. The molecular weight excluding hydrogens is 734 g/mol. The SMILES string of the molecule is CC[C@@H]1/C=C(\C)C[C@H](C)CC(OC)[C@H]2OC(O)(CC(=O)C(=O)N3CCCC[C@H]3C(=O)OC(/C(C)=C/[C@@H]3CC[C@@H](O)[C@H](OC)C3)[C@H](C)[C@@H](O)CC1=O)[C@H](C)C[C@@H]2OC. The number of carbonyl (C=O) groups excluding carboxylic acids is 4. The predicted molar refractivity (Wildman–Crippen MR) is 213 cm³/mol. The average Bonchev–Trinajstić information content (AvgIpc) is 3.18.